The fourth-order valence-corrected chi connectivity index (χ4v) is 7.40. The SMILES string of the molecule is COCC[N+](CCOC)=c1ccc2c(/C=C/C=C3\N(CCCCCC(=O)O)c4ccc(S(=O)(=O)O)cc4C3(C)C)c(C)c(-c3ccccc3)oc-2c1. The van der Waals surface area contributed by atoms with Gasteiger partial charge in [0.25, 0.3) is 10.1 Å². The minimum atomic E-state index is -4.40. The van der Waals surface area contributed by atoms with Crippen molar-refractivity contribution in [2.45, 2.75) is 56.8 Å². The topological polar surface area (TPSA) is 130 Å². The van der Waals surface area contributed by atoms with Crippen LogP contribution in [0.25, 0.3) is 28.7 Å². The van der Waals surface area contributed by atoms with Crippen LogP contribution in [0.1, 0.15) is 56.2 Å². The summed E-state index contributed by atoms with van der Waals surface area (Å²) in [6.45, 7) is 9.30. The number of hydrogen-bond acceptors (Lipinski definition) is 7. The van der Waals surface area contributed by atoms with E-state index >= 15 is 0 Å². The maximum Gasteiger partial charge on any atom is 0.303 e. The number of rotatable bonds is 16. The van der Waals surface area contributed by atoms with Crippen LogP contribution in [-0.2, 0) is 29.8 Å². The molecule has 52 heavy (non-hydrogen) atoms. The summed E-state index contributed by atoms with van der Waals surface area (Å²) in [6, 6.07) is 21.0. The standard InChI is InChI=1S/C41H48N2O8S/c1-29-33(34-20-18-31(42(23-25-49-4)24-26-50-5)27-37(34)51-40(29)30-13-8-6-9-14-30)15-12-16-38-41(2,3)35-28-32(52(46,47)48)19-21-36(35)43(38)22-11-7-10-17-39(44)45/h6,8-9,12-16,18-21,27-28H,7,10-11,17,22-26H2,1-5H3,(H-,44,45,46,47,48)/p+1. The lowest BCUT2D eigenvalue weighted by Crippen LogP contribution is -2.35. The van der Waals surface area contributed by atoms with E-state index < -0.39 is 21.5 Å². The number of carbonyl (C=O) groups is 1. The Labute approximate surface area is 306 Å². The quantitative estimate of drug-likeness (QED) is 0.0711. The van der Waals surface area contributed by atoms with Crippen LogP contribution in [0, 0.1) is 6.92 Å². The Kier molecular flexibility index (Phi) is 12.5. The zero-order valence-corrected chi connectivity index (χ0v) is 31.4. The normalized spacial score (nSPS) is 14.8. The van der Waals surface area contributed by atoms with Crippen molar-refractivity contribution in [1.29, 1.82) is 0 Å². The number of methoxy groups -OCH3 is 2. The van der Waals surface area contributed by atoms with Crippen molar-refractivity contribution in [3.63, 3.8) is 0 Å². The van der Waals surface area contributed by atoms with Gasteiger partial charge in [-0.1, -0.05) is 62.8 Å². The Balaban J connectivity index is 1.62. The molecule has 1 aliphatic carbocycles. The van der Waals surface area contributed by atoms with Crippen molar-refractivity contribution >= 4 is 27.9 Å². The van der Waals surface area contributed by atoms with Crippen LogP contribution in [0.4, 0.5) is 5.69 Å². The van der Waals surface area contributed by atoms with Crippen molar-refractivity contribution in [3.05, 3.63) is 107 Å². The van der Waals surface area contributed by atoms with Crippen molar-refractivity contribution < 1.29 is 36.8 Å². The van der Waals surface area contributed by atoms with E-state index in [1.807, 2.05) is 50.3 Å². The third-order valence-corrected chi connectivity index (χ3v) is 10.5. The predicted octanol–water partition coefficient (Wildman–Crippen LogP) is 7.01. The van der Waals surface area contributed by atoms with Gasteiger partial charge < -0.3 is 23.9 Å². The lowest BCUT2D eigenvalue weighted by molar-refractivity contribution is -0.137. The first-order valence-electron chi connectivity index (χ1n) is 17.6. The van der Waals surface area contributed by atoms with E-state index in [1.165, 1.54) is 6.07 Å². The van der Waals surface area contributed by atoms with Gasteiger partial charge in [0.05, 0.1) is 11.0 Å². The predicted molar refractivity (Wildman–Crippen MR) is 204 cm³/mol. The van der Waals surface area contributed by atoms with E-state index in [2.05, 4.69) is 46.8 Å². The molecule has 0 atom stereocenters. The third-order valence-electron chi connectivity index (χ3n) is 9.69. The number of benzene rings is 3. The van der Waals surface area contributed by atoms with E-state index in [4.69, 9.17) is 19.0 Å². The van der Waals surface area contributed by atoms with Gasteiger partial charge in [0.2, 0.25) is 5.36 Å². The highest BCUT2D eigenvalue weighted by molar-refractivity contribution is 7.85. The molecule has 5 rings (SSSR count). The Morgan fingerprint density at radius 3 is 2.33 bits per heavy atom. The van der Waals surface area contributed by atoms with E-state index in [0.29, 0.717) is 39.3 Å². The van der Waals surface area contributed by atoms with E-state index in [1.54, 1.807) is 26.4 Å². The molecular weight excluding hydrogens is 681 g/mol. The summed E-state index contributed by atoms with van der Waals surface area (Å²) in [5.74, 6) is 0.699. The molecule has 0 aromatic heterocycles. The molecular formula is C41H49N2O8S+. The molecule has 2 aromatic rings. The number of carboxylic acid groups (broad SMARTS) is 1. The fourth-order valence-electron chi connectivity index (χ4n) is 6.89. The van der Waals surface area contributed by atoms with E-state index in [-0.39, 0.29) is 11.3 Å². The van der Waals surface area contributed by atoms with Crippen molar-refractivity contribution in [2.24, 2.45) is 0 Å². The summed E-state index contributed by atoms with van der Waals surface area (Å²) in [5, 5.41) is 10.1. The number of unbranched alkanes of at least 4 members (excludes halogenated alkanes) is 2. The highest BCUT2D eigenvalue weighted by Gasteiger charge is 2.40. The summed E-state index contributed by atoms with van der Waals surface area (Å²) >= 11 is 0. The van der Waals surface area contributed by atoms with Gasteiger partial charge in [-0.3, -0.25) is 9.35 Å². The van der Waals surface area contributed by atoms with E-state index in [9.17, 15) is 17.8 Å². The number of nitrogens with zero attached hydrogens (tertiary/aromatic N) is 2. The van der Waals surface area contributed by atoms with Gasteiger partial charge in [-0.25, -0.2) is 4.58 Å². The molecule has 0 saturated heterocycles. The number of carboxylic acids is 1. The summed E-state index contributed by atoms with van der Waals surface area (Å²) in [4.78, 5) is 13.1. The Hall–Kier alpha value is -4.55. The number of fused-ring (bicyclic) bond motifs is 2. The molecule has 0 saturated carbocycles. The molecule has 10 nitrogen and oxygen atoms in total. The number of hydrogen-bond donors (Lipinski definition) is 2. The van der Waals surface area contributed by atoms with Gasteiger partial charge in [0.15, 0.2) is 13.1 Å². The number of ether oxygens (including phenoxy) is 2. The highest BCUT2D eigenvalue weighted by Crippen LogP contribution is 2.48. The largest absolute Gasteiger partial charge is 0.481 e. The number of anilines is 1. The van der Waals surface area contributed by atoms with Crippen LogP contribution >= 0.6 is 0 Å². The second-order valence-corrected chi connectivity index (χ2v) is 15.0. The molecule has 2 heterocycles. The first-order chi connectivity index (χ1) is 24.9. The molecule has 276 valence electrons. The zero-order chi connectivity index (χ0) is 37.5. The van der Waals surface area contributed by atoms with Crippen molar-refractivity contribution in [2.75, 3.05) is 52.0 Å². The zero-order valence-electron chi connectivity index (χ0n) is 30.6. The van der Waals surface area contributed by atoms with Crippen LogP contribution < -0.4 is 14.8 Å². The Bertz CT molecular complexity index is 2090. The summed E-state index contributed by atoms with van der Waals surface area (Å²) in [5.41, 5.74) is 5.93. The first-order valence-corrected chi connectivity index (χ1v) is 19.0. The van der Waals surface area contributed by atoms with Crippen LogP contribution in [0.5, 0.6) is 0 Å². The average molecular weight is 730 g/mol. The molecule has 11 heteroatoms. The van der Waals surface area contributed by atoms with Gasteiger partial charge in [0, 0.05) is 66.7 Å². The van der Waals surface area contributed by atoms with Crippen LogP contribution in [0.2, 0.25) is 0 Å². The molecule has 0 amide bonds. The van der Waals surface area contributed by atoms with Crippen LogP contribution in [0.15, 0.2) is 93.9 Å². The van der Waals surface area contributed by atoms with E-state index in [0.717, 1.165) is 68.9 Å². The molecule has 2 N–H and O–H groups in total. The van der Waals surface area contributed by atoms with Gasteiger partial charge in [0.1, 0.15) is 24.7 Å². The maximum atomic E-state index is 12.1. The van der Waals surface area contributed by atoms with Gasteiger partial charge in [-0.15, -0.1) is 0 Å². The minimum absolute atomic E-state index is 0.118. The molecule has 2 aliphatic heterocycles. The number of aliphatic carboxylic acids is 1. The molecule has 0 bridgehead atoms. The maximum absolute atomic E-state index is 12.1. The smallest absolute Gasteiger partial charge is 0.303 e. The first kappa shape index (κ1) is 38.7. The van der Waals surface area contributed by atoms with Crippen molar-refractivity contribution in [1.82, 2.24) is 4.58 Å². The second-order valence-electron chi connectivity index (χ2n) is 13.5. The van der Waals surface area contributed by atoms with Gasteiger partial charge in [-0.2, -0.15) is 8.42 Å². The lowest BCUT2D eigenvalue weighted by Gasteiger charge is -2.27. The Morgan fingerprint density at radius 1 is 0.962 bits per heavy atom. The molecule has 2 aromatic carbocycles. The monoisotopic (exact) mass is 729 g/mol. The summed E-state index contributed by atoms with van der Waals surface area (Å²) in [6.07, 6.45) is 8.36. The molecule has 3 aliphatic rings. The summed E-state index contributed by atoms with van der Waals surface area (Å²) in [7, 11) is -1.01. The van der Waals surface area contributed by atoms with Gasteiger partial charge in [-0.05, 0) is 61.2 Å². The fraction of sp³-hybridized carbons (Fsp3) is 0.366. The van der Waals surface area contributed by atoms with Crippen molar-refractivity contribution in [3.8, 4) is 22.6 Å². The second kappa shape index (κ2) is 16.9. The minimum Gasteiger partial charge on any atom is -0.481 e. The van der Waals surface area contributed by atoms with Crippen LogP contribution in [0.3, 0.4) is 0 Å². The number of allylic oxidation sites excluding steroid dienone is 3. The van der Waals surface area contributed by atoms with Crippen LogP contribution in [-0.4, -0.2) is 71.1 Å². The molecule has 0 spiro atoms. The highest BCUT2D eigenvalue weighted by atomic mass is 32.2. The van der Waals surface area contributed by atoms with Gasteiger partial charge >= 0.3 is 5.97 Å². The summed E-state index contributed by atoms with van der Waals surface area (Å²) < 4.78 is 53.7. The molecule has 0 unspecified atom stereocenters. The average Bonchev–Trinajstić information content (AvgIpc) is 3.33. The molecule has 0 fully saturated rings. The Morgan fingerprint density at radius 2 is 1.67 bits per heavy atom. The molecule has 0 radical (unpaired) electrons. The lowest BCUT2D eigenvalue weighted by atomic mass is 9.83. The third kappa shape index (κ3) is 8.73.